The summed E-state index contributed by atoms with van der Waals surface area (Å²) >= 11 is 1.44. The number of aryl methyl sites for hydroxylation is 1. The number of thiazole rings is 1. The second-order valence-corrected chi connectivity index (χ2v) is 6.52. The number of sulfonamides is 1. The van der Waals surface area contributed by atoms with Gasteiger partial charge in [0.2, 0.25) is 0 Å². The number of hydrogen-bond acceptors (Lipinski definition) is 5. The van der Waals surface area contributed by atoms with Gasteiger partial charge in [-0.2, -0.15) is 4.31 Å². The Hall–Kier alpha value is -1.25. The number of hydrogen-bond donors (Lipinski definition) is 1. The van der Waals surface area contributed by atoms with Crippen molar-refractivity contribution in [3.8, 4) is 0 Å². The van der Waals surface area contributed by atoms with Crippen molar-refractivity contribution in [2.45, 2.75) is 24.9 Å². The number of H-pyrrole nitrogens is 1. The van der Waals surface area contributed by atoms with Crippen LogP contribution in [-0.4, -0.2) is 34.7 Å². The number of nitrogens with one attached hydrogen (secondary N) is 1. The summed E-state index contributed by atoms with van der Waals surface area (Å²) in [5, 5.41) is 1.95. The Morgan fingerprint density at radius 2 is 2.22 bits per heavy atom. The molecule has 0 unspecified atom stereocenters. The van der Waals surface area contributed by atoms with Crippen LogP contribution in [0.4, 0.5) is 0 Å². The quantitative estimate of drug-likeness (QED) is 0.897. The largest absolute Gasteiger partial charge is 0.332 e. The van der Waals surface area contributed by atoms with Crippen molar-refractivity contribution < 1.29 is 8.42 Å². The molecule has 2 heterocycles. The summed E-state index contributed by atoms with van der Waals surface area (Å²) in [4.78, 5) is 10.9. The summed E-state index contributed by atoms with van der Waals surface area (Å²) < 4.78 is 25.7. The molecule has 1 N–H and O–H groups in total. The molecular weight excluding hydrogens is 272 g/mol. The fourth-order valence-corrected chi connectivity index (χ4v) is 3.07. The topological polar surface area (TPSA) is 79.0 Å². The smallest absolute Gasteiger partial charge is 0.260 e. The molecule has 0 aliphatic carbocycles. The van der Waals surface area contributed by atoms with Gasteiger partial charge >= 0.3 is 0 Å². The maximum Gasteiger partial charge on any atom is 0.260 e. The van der Waals surface area contributed by atoms with E-state index in [-0.39, 0.29) is 11.6 Å². The van der Waals surface area contributed by atoms with Crippen LogP contribution in [0.5, 0.6) is 0 Å². The summed E-state index contributed by atoms with van der Waals surface area (Å²) in [5.41, 5.74) is 2.42. The van der Waals surface area contributed by atoms with E-state index < -0.39 is 10.0 Å². The number of aromatic nitrogens is 3. The van der Waals surface area contributed by atoms with E-state index in [1.807, 2.05) is 12.3 Å². The molecule has 0 atom stereocenters. The lowest BCUT2D eigenvalue weighted by Crippen LogP contribution is -2.27. The molecular formula is C10H14N4O2S2. The second-order valence-electron chi connectivity index (χ2n) is 3.79. The van der Waals surface area contributed by atoms with Crippen LogP contribution in [0.2, 0.25) is 0 Å². The molecule has 0 aliphatic rings. The lowest BCUT2D eigenvalue weighted by molar-refractivity contribution is 0.460. The van der Waals surface area contributed by atoms with E-state index in [2.05, 4.69) is 15.0 Å². The molecule has 6 nitrogen and oxygen atoms in total. The lowest BCUT2D eigenvalue weighted by Gasteiger charge is -2.14. The molecule has 8 heteroatoms. The van der Waals surface area contributed by atoms with E-state index >= 15 is 0 Å². The molecule has 0 radical (unpaired) electrons. The molecule has 0 spiro atoms. The Morgan fingerprint density at radius 3 is 2.78 bits per heavy atom. The summed E-state index contributed by atoms with van der Waals surface area (Å²) in [6.07, 6.45) is 2.02. The summed E-state index contributed by atoms with van der Waals surface area (Å²) in [6, 6.07) is 0. The Kier molecular flexibility index (Phi) is 3.79. The van der Waals surface area contributed by atoms with Gasteiger partial charge in [0, 0.05) is 18.8 Å². The monoisotopic (exact) mass is 286 g/mol. The molecule has 18 heavy (non-hydrogen) atoms. The SMILES string of the molecule is CCc1ncc(S(=O)(=O)N(C)Cc2cscn2)[nH]1. The third-order valence-electron chi connectivity index (χ3n) is 2.50. The number of rotatable bonds is 5. The minimum Gasteiger partial charge on any atom is -0.332 e. The van der Waals surface area contributed by atoms with Gasteiger partial charge in [0.25, 0.3) is 10.0 Å². The Bertz CT molecular complexity index is 604. The van der Waals surface area contributed by atoms with Gasteiger partial charge in [0.1, 0.15) is 5.82 Å². The Balaban J connectivity index is 2.19. The minimum absolute atomic E-state index is 0.122. The van der Waals surface area contributed by atoms with Crippen molar-refractivity contribution in [1.29, 1.82) is 0 Å². The molecule has 2 rings (SSSR count). The van der Waals surface area contributed by atoms with E-state index in [1.54, 1.807) is 5.51 Å². The zero-order chi connectivity index (χ0) is 13.2. The van der Waals surface area contributed by atoms with Crippen molar-refractivity contribution in [3.05, 3.63) is 28.6 Å². The van der Waals surface area contributed by atoms with Crippen LogP contribution < -0.4 is 0 Å². The average molecular weight is 286 g/mol. The molecule has 2 aromatic heterocycles. The normalized spacial score (nSPS) is 12.2. The van der Waals surface area contributed by atoms with Crippen molar-refractivity contribution in [1.82, 2.24) is 19.3 Å². The first kappa shape index (κ1) is 13.2. The third-order valence-corrected chi connectivity index (χ3v) is 4.84. The fourth-order valence-electron chi connectivity index (χ4n) is 1.45. The molecule has 0 aromatic carbocycles. The summed E-state index contributed by atoms with van der Waals surface area (Å²) in [5.74, 6) is 0.663. The first-order valence-corrected chi connectivity index (χ1v) is 7.79. The number of aromatic amines is 1. The average Bonchev–Trinajstić information content (AvgIpc) is 2.99. The summed E-state index contributed by atoms with van der Waals surface area (Å²) in [7, 11) is -2.00. The number of imidazole rings is 1. The zero-order valence-corrected chi connectivity index (χ0v) is 11.8. The van der Waals surface area contributed by atoms with E-state index in [1.165, 1.54) is 28.9 Å². The van der Waals surface area contributed by atoms with Crippen molar-refractivity contribution in [3.63, 3.8) is 0 Å². The molecule has 98 valence electrons. The Labute approximate surface area is 110 Å². The summed E-state index contributed by atoms with van der Waals surface area (Å²) in [6.45, 7) is 2.17. The van der Waals surface area contributed by atoms with Gasteiger partial charge in [0.15, 0.2) is 5.03 Å². The fraction of sp³-hybridized carbons (Fsp3) is 0.400. The van der Waals surface area contributed by atoms with Gasteiger partial charge in [-0.1, -0.05) is 6.92 Å². The van der Waals surface area contributed by atoms with Crippen LogP contribution in [0.25, 0.3) is 0 Å². The van der Waals surface area contributed by atoms with Gasteiger partial charge < -0.3 is 4.98 Å². The van der Waals surface area contributed by atoms with Gasteiger partial charge in [-0.15, -0.1) is 11.3 Å². The molecule has 0 aliphatic heterocycles. The second kappa shape index (κ2) is 5.17. The van der Waals surface area contributed by atoms with Crippen LogP contribution in [0.15, 0.2) is 22.1 Å². The predicted octanol–water partition coefficient (Wildman–Crippen LogP) is 1.25. The van der Waals surface area contributed by atoms with Gasteiger partial charge in [-0.05, 0) is 0 Å². The van der Waals surface area contributed by atoms with Gasteiger partial charge in [-0.3, -0.25) is 0 Å². The molecule has 0 bridgehead atoms. The standard InChI is InChI=1S/C10H14N4O2S2/c1-3-9-11-4-10(13-9)18(15,16)14(2)5-8-6-17-7-12-8/h4,6-7H,3,5H2,1-2H3,(H,11,13). The zero-order valence-electron chi connectivity index (χ0n) is 10.1. The highest BCUT2D eigenvalue weighted by Crippen LogP contribution is 2.15. The van der Waals surface area contributed by atoms with Crippen molar-refractivity contribution in [2.24, 2.45) is 0 Å². The molecule has 0 saturated heterocycles. The predicted molar refractivity (Wildman–Crippen MR) is 68.7 cm³/mol. The van der Waals surface area contributed by atoms with E-state index in [4.69, 9.17) is 0 Å². The van der Waals surface area contributed by atoms with Crippen LogP contribution in [-0.2, 0) is 23.0 Å². The van der Waals surface area contributed by atoms with Gasteiger partial charge in [-0.25, -0.2) is 18.4 Å². The van der Waals surface area contributed by atoms with Crippen LogP contribution in [0.1, 0.15) is 18.4 Å². The van der Waals surface area contributed by atoms with Crippen molar-refractivity contribution >= 4 is 21.4 Å². The highest BCUT2D eigenvalue weighted by atomic mass is 32.2. The highest BCUT2D eigenvalue weighted by molar-refractivity contribution is 7.89. The van der Waals surface area contributed by atoms with Crippen molar-refractivity contribution in [2.75, 3.05) is 7.05 Å². The minimum atomic E-state index is -3.52. The molecule has 0 fully saturated rings. The maximum atomic E-state index is 12.2. The van der Waals surface area contributed by atoms with Crippen LogP contribution in [0, 0.1) is 0 Å². The Morgan fingerprint density at radius 1 is 1.44 bits per heavy atom. The first-order chi connectivity index (χ1) is 8.54. The van der Waals surface area contributed by atoms with Gasteiger partial charge in [0.05, 0.1) is 23.9 Å². The van der Waals surface area contributed by atoms with E-state index in [0.717, 1.165) is 5.69 Å². The molecule has 0 amide bonds. The lowest BCUT2D eigenvalue weighted by atomic mass is 10.5. The van der Waals surface area contributed by atoms with Crippen LogP contribution >= 0.6 is 11.3 Å². The maximum absolute atomic E-state index is 12.2. The third kappa shape index (κ3) is 2.60. The number of nitrogens with zero attached hydrogens (tertiary/aromatic N) is 3. The van der Waals surface area contributed by atoms with Crippen LogP contribution in [0.3, 0.4) is 0 Å². The van der Waals surface area contributed by atoms with E-state index in [9.17, 15) is 8.42 Å². The first-order valence-electron chi connectivity index (χ1n) is 5.41. The van der Waals surface area contributed by atoms with E-state index in [0.29, 0.717) is 12.2 Å². The highest BCUT2D eigenvalue weighted by Gasteiger charge is 2.23. The molecule has 2 aromatic rings. The molecule has 0 saturated carbocycles.